The minimum absolute atomic E-state index is 0.403. The van der Waals surface area contributed by atoms with Gasteiger partial charge in [0.25, 0.3) is 0 Å². The van der Waals surface area contributed by atoms with Gasteiger partial charge in [-0.2, -0.15) is 0 Å². The van der Waals surface area contributed by atoms with Gasteiger partial charge >= 0.3 is 0 Å². The van der Waals surface area contributed by atoms with Crippen molar-refractivity contribution in [3.63, 3.8) is 0 Å². The van der Waals surface area contributed by atoms with Gasteiger partial charge in [0.05, 0.1) is 5.60 Å². The monoisotopic (exact) mass is 316 g/mol. The Kier molecular flexibility index (Phi) is 20.8. The van der Waals surface area contributed by atoms with Gasteiger partial charge in [-0.15, -0.1) is 0 Å². The molecule has 0 unspecified atom stereocenters. The normalized spacial score (nSPS) is 11.2. The van der Waals surface area contributed by atoms with E-state index in [0.29, 0.717) is 0 Å². The van der Waals surface area contributed by atoms with Crippen LogP contribution in [0.5, 0.6) is 0 Å². The Balaban J connectivity index is 0. The molecule has 0 rings (SSSR count). The Bertz CT molecular complexity index is 171. The molecule has 1 N–H and O–H groups in total. The second kappa shape index (κ2) is 19.0. The van der Waals surface area contributed by atoms with Crippen molar-refractivity contribution in [3.8, 4) is 0 Å². The Morgan fingerprint density at radius 3 is 0.864 bits per heavy atom. The molecule has 2 nitrogen and oxygen atoms in total. The van der Waals surface area contributed by atoms with E-state index in [4.69, 9.17) is 5.26 Å². The molecule has 0 radical (unpaired) electrons. The van der Waals surface area contributed by atoms with E-state index in [1.54, 1.807) is 20.8 Å². The molecule has 22 heavy (non-hydrogen) atoms. The fourth-order valence-corrected chi connectivity index (χ4v) is 2.27. The van der Waals surface area contributed by atoms with Gasteiger partial charge in [-0.05, 0) is 20.8 Å². The highest BCUT2D eigenvalue weighted by Gasteiger charge is 2.07. The van der Waals surface area contributed by atoms with Gasteiger partial charge < -0.3 is 0 Å². The van der Waals surface area contributed by atoms with Crippen LogP contribution in [0.15, 0.2) is 0 Å². The Morgan fingerprint density at radius 2 is 0.727 bits per heavy atom. The molecule has 0 aliphatic carbocycles. The fourth-order valence-electron chi connectivity index (χ4n) is 2.27. The van der Waals surface area contributed by atoms with Crippen LogP contribution >= 0.6 is 0 Å². The smallest absolute Gasteiger partial charge is 0.0949 e. The van der Waals surface area contributed by atoms with Gasteiger partial charge in [0.2, 0.25) is 0 Å². The number of hydrogen-bond donors (Lipinski definition) is 1. The lowest BCUT2D eigenvalue weighted by Crippen LogP contribution is -2.15. The largest absolute Gasteiger partial charge is 0.251 e. The van der Waals surface area contributed by atoms with Gasteiger partial charge in [-0.3, -0.25) is 5.26 Å². The first-order valence-corrected chi connectivity index (χ1v) is 9.80. The summed E-state index contributed by atoms with van der Waals surface area (Å²) < 4.78 is 0. The molecule has 0 heterocycles. The van der Waals surface area contributed by atoms with E-state index in [9.17, 15) is 0 Å². The molecule has 0 aliphatic heterocycles. The summed E-state index contributed by atoms with van der Waals surface area (Å²) in [4.78, 5) is 3.94. The second-order valence-electron chi connectivity index (χ2n) is 7.45. The minimum atomic E-state index is -0.403. The second-order valence-corrected chi connectivity index (χ2v) is 7.45. The zero-order valence-corrected chi connectivity index (χ0v) is 16.3. The minimum Gasteiger partial charge on any atom is -0.251 e. The van der Waals surface area contributed by atoms with E-state index in [1.807, 2.05) is 0 Å². The van der Waals surface area contributed by atoms with Crippen LogP contribution in [-0.2, 0) is 4.89 Å². The summed E-state index contributed by atoms with van der Waals surface area (Å²) in [7, 11) is 0. The number of unbranched alkanes of at least 4 members (excludes halogenated alkanes) is 13. The molecule has 2 heteroatoms. The van der Waals surface area contributed by atoms with E-state index < -0.39 is 5.60 Å². The lowest BCUT2D eigenvalue weighted by Gasteiger charge is -2.10. The maximum atomic E-state index is 7.90. The van der Waals surface area contributed by atoms with E-state index in [-0.39, 0.29) is 0 Å². The average Bonchev–Trinajstić information content (AvgIpc) is 2.48. The summed E-state index contributed by atoms with van der Waals surface area (Å²) in [6, 6.07) is 0. The lowest BCUT2D eigenvalue weighted by atomic mass is 10.0. The predicted molar refractivity (Wildman–Crippen MR) is 99.5 cm³/mol. The Labute approximate surface area is 141 Å². The zero-order chi connectivity index (χ0) is 17.1. The van der Waals surface area contributed by atoms with Gasteiger partial charge in [0.15, 0.2) is 0 Å². The van der Waals surface area contributed by atoms with E-state index in [2.05, 4.69) is 18.7 Å². The Hall–Kier alpha value is -0.0800. The van der Waals surface area contributed by atoms with Crippen molar-refractivity contribution in [2.24, 2.45) is 0 Å². The van der Waals surface area contributed by atoms with E-state index >= 15 is 0 Å². The van der Waals surface area contributed by atoms with Crippen LogP contribution < -0.4 is 0 Å². The Morgan fingerprint density at radius 1 is 0.545 bits per heavy atom. The van der Waals surface area contributed by atoms with E-state index in [1.165, 1.54) is 89.9 Å². The zero-order valence-electron chi connectivity index (χ0n) is 16.3. The molecular weight excluding hydrogens is 272 g/mol. The molecule has 0 spiro atoms. The lowest BCUT2D eigenvalue weighted by molar-refractivity contribution is -0.306. The molecular formula is C20H44O2. The van der Waals surface area contributed by atoms with Crippen molar-refractivity contribution in [2.45, 2.75) is 130 Å². The highest BCUT2D eigenvalue weighted by molar-refractivity contribution is 4.53. The van der Waals surface area contributed by atoms with Crippen molar-refractivity contribution in [1.29, 1.82) is 0 Å². The highest BCUT2D eigenvalue weighted by atomic mass is 17.1. The summed E-state index contributed by atoms with van der Waals surface area (Å²) in [6.07, 6.45) is 20.4. The first-order chi connectivity index (χ1) is 10.5. The van der Waals surface area contributed by atoms with Crippen molar-refractivity contribution in [2.75, 3.05) is 0 Å². The quantitative estimate of drug-likeness (QED) is 0.214. The topological polar surface area (TPSA) is 29.5 Å². The fraction of sp³-hybridized carbons (Fsp3) is 1.00. The van der Waals surface area contributed by atoms with Crippen molar-refractivity contribution in [3.05, 3.63) is 0 Å². The SMILES string of the molecule is CC(C)(C)OO.CCCCCCCCCCCCCCCC. The van der Waals surface area contributed by atoms with Crippen molar-refractivity contribution < 1.29 is 10.1 Å². The molecule has 0 aromatic carbocycles. The molecule has 136 valence electrons. The summed E-state index contributed by atoms with van der Waals surface area (Å²) in [6.45, 7) is 9.89. The van der Waals surface area contributed by atoms with Crippen LogP contribution in [0.1, 0.15) is 125 Å². The molecule has 0 atom stereocenters. The third-order valence-electron chi connectivity index (χ3n) is 3.73. The molecule has 0 amide bonds. The van der Waals surface area contributed by atoms with Crippen molar-refractivity contribution >= 4 is 0 Å². The summed E-state index contributed by atoms with van der Waals surface area (Å²) in [5.41, 5.74) is -0.403. The summed E-state index contributed by atoms with van der Waals surface area (Å²) in [5, 5.41) is 7.90. The standard InChI is InChI=1S/C16H34.C4H10O2/c1-3-5-7-9-11-13-15-16-14-12-10-8-6-4-2;1-4(2,3)6-5/h3-16H2,1-2H3;5H,1-3H3. The van der Waals surface area contributed by atoms with Crippen LogP contribution in [0, 0.1) is 0 Å². The van der Waals surface area contributed by atoms with Crippen LogP contribution in [0.25, 0.3) is 0 Å². The van der Waals surface area contributed by atoms with Gasteiger partial charge in [0, 0.05) is 0 Å². The molecule has 0 bridgehead atoms. The molecule has 0 fully saturated rings. The van der Waals surface area contributed by atoms with Crippen molar-refractivity contribution in [1.82, 2.24) is 0 Å². The number of hydrogen-bond acceptors (Lipinski definition) is 2. The molecule has 0 saturated heterocycles. The van der Waals surface area contributed by atoms with Crippen LogP contribution in [0.3, 0.4) is 0 Å². The maximum absolute atomic E-state index is 7.90. The first-order valence-electron chi connectivity index (χ1n) is 9.80. The van der Waals surface area contributed by atoms with Crippen LogP contribution in [0.2, 0.25) is 0 Å². The molecule has 0 saturated carbocycles. The van der Waals surface area contributed by atoms with Gasteiger partial charge in [-0.1, -0.05) is 104 Å². The predicted octanol–water partition coefficient (Wildman–Crippen LogP) is 7.76. The van der Waals surface area contributed by atoms with E-state index in [0.717, 1.165) is 0 Å². The van der Waals surface area contributed by atoms with Gasteiger partial charge in [-0.25, -0.2) is 4.89 Å². The number of rotatable bonds is 13. The average molecular weight is 317 g/mol. The molecule has 0 aliphatic rings. The first kappa shape index (κ1) is 24.2. The maximum Gasteiger partial charge on any atom is 0.0949 e. The summed E-state index contributed by atoms with van der Waals surface area (Å²) >= 11 is 0. The van der Waals surface area contributed by atoms with Gasteiger partial charge in [0.1, 0.15) is 0 Å². The molecule has 0 aromatic rings. The van der Waals surface area contributed by atoms with Crippen LogP contribution in [-0.4, -0.2) is 10.9 Å². The highest BCUT2D eigenvalue weighted by Crippen LogP contribution is 2.12. The third-order valence-corrected chi connectivity index (χ3v) is 3.73. The summed E-state index contributed by atoms with van der Waals surface area (Å²) in [5.74, 6) is 0. The van der Waals surface area contributed by atoms with Crippen LogP contribution in [0.4, 0.5) is 0 Å². The third kappa shape index (κ3) is 28.1. The molecule has 0 aromatic heterocycles.